The highest BCUT2D eigenvalue weighted by atomic mass is 32.2. The third-order valence-electron chi connectivity index (χ3n) is 3.13. The van der Waals surface area contributed by atoms with Crippen molar-refractivity contribution >= 4 is 27.7 Å². The van der Waals surface area contributed by atoms with Gasteiger partial charge in [0.15, 0.2) is 9.84 Å². The van der Waals surface area contributed by atoms with Gasteiger partial charge in [-0.25, -0.2) is 18.2 Å². The summed E-state index contributed by atoms with van der Waals surface area (Å²) in [7, 11) is -2.91. The molecule has 2 heterocycles. The fourth-order valence-electron chi connectivity index (χ4n) is 2.10. The van der Waals surface area contributed by atoms with Crippen LogP contribution in [0.15, 0.2) is 18.3 Å². The van der Waals surface area contributed by atoms with E-state index in [4.69, 9.17) is 5.11 Å². The number of rotatable bonds is 3. The topological polar surface area (TPSA) is 87.6 Å². The van der Waals surface area contributed by atoms with Crippen molar-refractivity contribution in [3.05, 3.63) is 29.5 Å². The lowest BCUT2D eigenvalue weighted by Crippen LogP contribution is -2.41. The lowest BCUT2D eigenvalue weighted by molar-refractivity contribution is -0.131. The normalized spacial score (nSPS) is 18.4. The Morgan fingerprint density at radius 3 is 2.60 bits per heavy atom. The summed E-state index contributed by atoms with van der Waals surface area (Å²) in [5, 5.41) is 8.58. The highest BCUT2D eigenvalue weighted by Gasteiger charge is 2.23. The molecule has 7 heteroatoms. The molecule has 2 rings (SSSR count). The monoisotopic (exact) mass is 296 g/mol. The summed E-state index contributed by atoms with van der Waals surface area (Å²) < 4.78 is 22.8. The van der Waals surface area contributed by atoms with E-state index in [0.717, 1.165) is 17.5 Å². The first-order chi connectivity index (χ1) is 9.37. The summed E-state index contributed by atoms with van der Waals surface area (Å²) >= 11 is 0. The van der Waals surface area contributed by atoms with Crippen molar-refractivity contribution in [2.75, 3.05) is 29.5 Å². The van der Waals surface area contributed by atoms with E-state index in [9.17, 15) is 13.2 Å². The van der Waals surface area contributed by atoms with Crippen molar-refractivity contribution in [3.63, 3.8) is 0 Å². The molecule has 1 aliphatic rings. The van der Waals surface area contributed by atoms with E-state index in [1.54, 1.807) is 6.20 Å². The first kappa shape index (κ1) is 14.5. The fraction of sp³-hybridized carbons (Fsp3) is 0.385. The van der Waals surface area contributed by atoms with Crippen LogP contribution >= 0.6 is 0 Å². The predicted octanol–water partition coefficient (Wildman–Crippen LogP) is 0.723. The number of anilines is 1. The number of aliphatic carboxylic acids is 1. The van der Waals surface area contributed by atoms with Crippen molar-refractivity contribution in [1.82, 2.24) is 4.98 Å². The molecule has 0 amide bonds. The van der Waals surface area contributed by atoms with E-state index in [1.165, 1.54) is 6.08 Å². The Balaban J connectivity index is 2.16. The zero-order chi connectivity index (χ0) is 14.8. The van der Waals surface area contributed by atoms with E-state index in [0.29, 0.717) is 18.7 Å². The molecule has 1 aromatic heterocycles. The van der Waals surface area contributed by atoms with E-state index in [2.05, 4.69) is 4.98 Å². The largest absolute Gasteiger partial charge is 0.478 e. The average Bonchev–Trinajstić information content (AvgIpc) is 2.37. The Bertz CT molecular complexity index is 638. The molecule has 1 aromatic rings. The van der Waals surface area contributed by atoms with E-state index >= 15 is 0 Å². The number of aromatic nitrogens is 1. The zero-order valence-electron chi connectivity index (χ0n) is 11.1. The van der Waals surface area contributed by atoms with Gasteiger partial charge in [-0.05, 0) is 30.2 Å². The molecule has 0 bridgehead atoms. The smallest absolute Gasteiger partial charge is 0.328 e. The van der Waals surface area contributed by atoms with Gasteiger partial charge >= 0.3 is 5.97 Å². The van der Waals surface area contributed by atoms with Crippen molar-refractivity contribution < 1.29 is 18.3 Å². The van der Waals surface area contributed by atoms with Gasteiger partial charge in [0, 0.05) is 25.4 Å². The zero-order valence-corrected chi connectivity index (χ0v) is 11.9. The van der Waals surface area contributed by atoms with Gasteiger partial charge in [0.2, 0.25) is 0 Å². The molecule has 108 valence electrons. The van der Waals surface area contributed by atoms with Crippen LogP contribution in [0.2, 0.25) is 0 Å². The molecule has 20 heavy (non-hydrogen) atoms. The average molecular weight is 296 g/mol. The van der Waals surface area contributed by atoms with Crippen LogP contribution < -0.4 is 4.90 Å². The number of hydrogen-bond donors (Lipinski definition) is 1. The second kappa shape index (κ2) is 5.62. The van der Waals surface area contributed by atoms with E-state index < -0.39 is 15.8 Å². The van der Waals surface area contributed by atoms with E-state index in [1.807, 2.05) is 17.9 Å². The number of aryl methyl sites for hydroxylation is 1. The lowest BCUT2D eigenvalue weighted by Gasteiger charge is -2.28. The minimum atomic E-state index is -2.91. The Labute approximate surface area is 117 Å². The molecule has 0 radical (unpaired) electrons. The third kappa shape index (κ3) is 3.57. The predicted molar refractivity (Wildman–Crippen MR) is 76.5 cm³/mol. The molecule has 0 spiro atoms. The minimum Gasteiger partial charge on any atom is -0.478 e. The maximum Gasteiger partial charge on any atom is 0.328 e. The lowest BCUT2D eigenvalue weighted by atomic mass is 10.2. The van der Waals surface area contributed by atoms with Crippen LogP contribution in [0, 0.1) is 6.92 Å². The van der Waals surface area contributed by atoms with E-state index in [-0.39, 0.29) is 11.5 Å². The standard InChI is InChI=1S/C13H16N2O4S/c1-10-8-11(2-3-12(16)17)9-14-13(10)15-4-6-20(18,19)7-5-15/h2-3,8-9H,4-7H2,1H3,(H,16,17)/b3-2+. The van der Waals surface area contributed by atoms with Crippen molar-refractivity contribution in [1.29, 1.82) is 0 Å². The van der Waals surface area contributed by atoms with Crippen molar-refractivity contribution in [2.24, 2.45) is 0 Å². The van der Waals surface area contributed by atoms with Crippen LogP contribution in [0.1, 0.15) is 11.1 Å². The van der Waals surface area contributed by atoms with Crippen molar-refractivity contribution in [2.45, 2.75) is 6.92 Å². The van der Waals surface area contributed by atoms with Gasteiger partial charge in [-0.1, -0.05) is 0 Å². The minimum absolute atomic E-state index is 0.148. The quantitative estimate of drug-likeness (QED) is 0.827. The summed E-state index contributed by atoms with van der Waals surface area (Å²) in [6, 6.07) is 1.84. The van der Waals surface area contributed by atoms with Gasteiger partial charge in [-0.3, -0.25) is 0 Å². The summed E-state index contributed by atoms with van der Waals surface area (Å²) in [5.74, 6) is 0.0455. The van der Waals surface area contributed by atoms with Gasteiger partial charge in [-0.2, -0.15) is 0 Å². The van der Waals surface area contributed by atoms with Crippen LogP contribution in [0.5, 0.6) is 0 Å². The Kier molecular flexibility index (Phi) is 4.08. The maximum absolute atomic E-state index is 11.4. The molecule has 0 aromatic carbocycles. The number of carboxylic acid groups (broad SMARTS) is 1. The number of nitrogens with zero attached hydrogens (tertiary/aromatic N) is 2. The molecule has 1 N–H and O–H groups in total. The summed E-state index contributed by atoms with van der Waals surface area (Å²) in [5.41, 5.74) is 1.61. The Morgan fingerprint density at radius 2 is 2.05 bits per heavy atom. The second-order valence-corrected chi connectivity index (χ2v) is 7.02. The van der Waals surface area contributed by atoms with Gasteiger partial charge in [0.1, 0.15) is 5.82 Å². The molecule has 0 unspecified atom stereocenters. The van der Waals surface area contributed by atoms with Gasteiger partial charge in [0.25, 0.3) is 0 Å². The molecule has 1 fully saturated rings. The van der Waals surface area contributed by atoms with Gasteiger partial charge < -0.3 is 10.0 Å². The molecule has 1 saturated heterocycles. The second-order valence-electron chi connectivity index (χ2n) is 4.72. The fourth-order valence-corrected chi connectivity index (χ4v) is 3.30. The van der Waals surface area contributed by atoms with Crippen LogP contribution in [0.4, 0.5) is 5.82 Å². The third-order valence-corrected chi connectivity index (χ3v) is 4.74. The molecule has 1 aliphatic heterocycles. The molecule has 0 aliphatic carbocycles. The number of sulfone groups is 1. The van der Waals surface area contributed by atoms with Crippen LogP contribution in [0.3, 0.4) is 0 Å². The first-order valence-corrected chi connectivity index (χ1v) is 8.02. The number of carboxylic acids is 1. The molecule has 0 saturated carbocycles. The SMILES string of the molecule is Cc1cc(/C=C/C(=O)O)cnc1N1CCS(=O)(=O)CC1. The van der Waals surface area contributed by atoms with Crippen LogP contribution in [0.25, 0.3) is 6.08 Å². The summed E-state index contributed by atoms with van der Waals surface area (Å²) in [4.78, 5) is 16.7. The molecular formula is C13H16N2O4S. The molecule has 6 nitrogen and oxygen atoms in total. The number of hydrogen-bond acceptors (Lipinski definition) is 5. The molecular weight excluding hydrogens is 280 g/mol. The highest BCUT2D eigenvalue weighted by molar-refractivity contribution is 7.91. The van der Waals surface area contributed by atoms with Crippen LogP contribution in [-0.4, -0.2) is 49.1 Å². The van der Waals surface area contributed by atoms with Gasteiger partial charge in [-0.15, -0.1) is 0 Å². The summed E-state index contributed by atoms with van der Waals surface area (Å²) in [6.07, 6.45) is 4.13. The maximum atomic E-state index is 11.4. The number of carbonyl (C=O) groups is 1. The Morgan fingerprint density at radius 1 is 1.40 bits per heavy atom. The van der Waals surface area contributed by atoms with Crippen LogP contribution in [-0.2, 0) is 14.6 Å². The Hall–Kier alpha value is -1.89. The summed E-state index contributed by atoms with van der Waals surface area (Å²) in [6.45, 7) is 2.77. The number of pyridine rings is 1. The van der Waals surface area contributed by atoms with Gasteiger partial charge in [0.05, 0.1) is 11.5 Å². The first-order valence-electron chi connectivity index (χ1n) is 6.20. The van der Waals surface area contributed by atoms with Crippen molar-refractivity contribution in [3.8, 4) is 0 Å². The highest BCUT2D eigenvalue weighted by Crippen LogP contribution is 2.20. The molecule has 0 atom stereocenters.